The number of Topliss-reactive ketones (excluding diaryl/α,β-unsaturated/α-hetero) is 3. The van der Waals surface area contributed by atoms with E-state index >= 15 is 0 Å². The Hall–Kier alpha value is -3.50. The second-order valence-corrected chi connectivity index (χ2v) is 10.3. The van der Waals surface area contributed by atoms with Gasteiger partial charge >= 0.3 is 0 Å². The SMILES string of the molecule is CCCCCC(=O)c1ccc(O)c2c1C[C@@H]1C[C@H]3[C@@H](N(C)C)C(O)=C(C(N)=O)C(=O)[C@@]3(O)C(O)=C1C2=O. The number of primary amides is 1. The number of phenolic OH excluding ortho intramolecular Hbond substituents is 1. The Bertz CT molecular complexity index is 1280. The summed E-state index contributed by atoms with van der Waals surface area (Å²) in [5, 5.41) is 44.3. The Labute approximate surface area is 214 Å². The van der Waals surface area contributed by atoms with Crippen LogP contribution in [0.2, 0.25) is 0 Å². The third-order valence-corrected chi connectivity index (χ3v) is 7.91. The molecule has 4 atom stereocenters. The maximum absolute atomic E-state index is 13.7. The Morgan fingerprint density at radius 2 is 1.81 bits per heavy atom. The standard InChI is InChI=1S/C27H32N2O8/c1-4-5-6-7-16(30)13-8-9-17(31)19-14(13)10-12-11-15-21(29(2)3)23(33)20(26(28)36)25(35)27(15,37)24(34)18(12)22(19)32/h8-9,12,15,21,31,33-34,37H,4-7,10-11H2,1-3H3,(H2,28,36)/t12-,15+,21-,27+/m1/s1. The van der Waals surface area contributed by atoms with Crippen LogP contribution in [-0.4, -0.2) is 74.3 Å². The molecule has 1 amide bonds. The molecule has 0 bridgehead atoms. The fourth-order valence-corrected chi connectivity index (χ4v) is 6.18. The molecule has 1 aromatic carbocycles. The third-order valence-electron chi connectivity index (χ3n) is 7.91. The summed E-state index contributed by atoms with van der Waals surface area (Å²) in [6.45, 7) is 2.02. The molecule has 0 unspecified atom stereocenters. The Morgan fingerprint density at radius 3 is 2.41 bits per heavy atom. The fourth-order valence-electron chi connectivity index (χ4n) is 6.18. The van der Waals surface area contributed by atoms with E-state index in [1.54, 1.807) is 14.1 Å². The number of hydrogen-bond donors (Lipinski definition) is 5. The quantitative estimate of drug-likeness (QED) is 0.207. The molecule has 0 heterocycles. The van der Waals surface area contributed by atoms with Crippen LogP contribution in [-0.2, 0) is 16.0 Å². The average molecular weight is 513 g/mol. The number of carbonyl (C=O) groups is 4. The molecule has 6 N–H and O–H groups in total. The number of likely N-dealkylation sites (N-methyl/N-ethyl adjacent to an activating group) is 1. The number of unbranched alkanes of at least 4 members (excludes halogenated alkanes) is 2. The number of nitrogens with two attached hydrogens (primary N) is 1. The van der Waals surface area contributed by atoms with Crippen molar-refractivity contribution < 1.29 is 39.6 Å². The maximum atomic E-state index is 13.7. The number of carbonyl (C=O) groups excluding carboxylic acids is 4. The van der Waals surface area contributed by atoms with Gasteiger partial charge in [0.2, 0.25) is 5.78 Å². The number of aliphatic hydroxyl groups is 3. The van der Waals surface area contributed by atoms with E-state index in [2.05, 4.69) is 0 Å². The molecule has 10 nitrogen and oxygen atoms in total. The van der Waals surface area contributed by atoms with Crippen molar-refractivity contribution in [3.63, 3.8) is 0 Å². The van der Waals surface area contributed by atoms with Crippen molar-refractivity contribution in [2.45, 2.75) is 57.1 Å². The summed E-state index contributed by atoms with van der Waals surface area (Å²) in [5.41, 5.74) is 2.08. The maximum Gasteiger partial charge on any atom is 0.255 e. The highest BCUT2D eigenvalue weighted by molar-refractivity contribution is 6.25. The zero-order chi connectivity index (χ0) is 27.4. The number of phenols is 1. The number of benzene rings is 1. The van der Waals surface area contributed by atoms with Gasteiger partial charge in [0.15, 0.2) is 17.2 Å². The molecule has 0 saturated heterocycles. The summed E-state index contributed by atoms with van der Waals surface area (Å²) in [6.07, 6.45) is 2.85. The average Bonchev–Trinajstić information content (AvgIpc) is 2.81. The van der Waals surface area contributed by atoms with Gasteiger partial charge < -0.3 is 26.2 Å². The van der Waals surface area contributed by atoms with E-state index in [-0.39, 0.29) is 41.9 Å². The van der Waals surface area contributed by atoms with Crippen LogP contribution in [0.25, 0.3) is 0 Å². The molecular formula is C27H32N2O8. The fraction of sp³-hybridized carbons (Fsp3) is 0.481. The second-order valence-electron chi connectivity index (χ2n) is 10.3. The van der Waals surface area contributed by atoms with Gasteiger partial charge in [0, 0.05) is 23.5 Å². The number of allylic oxidation sites excluding steroid dienone is 1. The van der Waals surface area contributed by atoms with Crippen LogP contribution in [0, 0.1) is 11.8 Å². The predicted molar refractivity (Wildman–Crippen MR) is 132 cm³/mol. The summed E-state index contributed by atoms with van der Waals surface area (Å²) in [6, 6.07) is 1.68. The topological polar surface area (TPSA) is 178 Å². The van der Waals surface area contributed by atoms with E-state index in [0.29, 0.717) is 17.5 Å². The van der Waals surface area contributed by atoms with Crippen molar-refractivity contribution >= 4 is 23.3 Å². The van der Waals surface area contributed by atoms with E-state index in [1.807, 2.05) is 6.92 Å². The molecule has 3 aliphatic carbocycles. The number of amides is 1. The summed E-state index contributed by atoms with van der Waals surface area (Å²) >= 11 is 0. The molecule has 0 aromatic heterocycles. The molecule has 0 aliphatic heterocycles. The molecule has 0 fully saturated rings. The van der Waals surface area contributed by atoms with E-state index in [0.717, 1.165) is 12.8 Å². The number of fused-ring (bicyclic) bond motifs is 3. The predicted octanol–water partition coefficient (Wildman–Crippen LogP) is 1.88. The second kappa shape index (κ2) is 9.42. The van der Waals surface area contributed by atoms with Crippen LogP contribution in [0.15, 0.2) is 34.8 Å². The molecule has 0 saturated carbocycles. The van der Waals surface area contributed by atoms with Crippen LogP contribution in [0.5, 0.6) is 5.75 Å². The van der Waals surface area contributed by atoms with Crippen molar-refractivity contribution in [2.24, 2.45) is 17.6 Å². The van der Waals surface area contributed by atoms with Crippen LogP contribution in [0.3, 0.4) is 0 Å². The molecule has 0 spiro atoms. The van der Waals surface area contributed by atoms with Crippen LogP contribution in [0.4, 0.5) is 0 Å². The molecule has 1 aromatic rings. The molecule has 198 valence electrons. The normalized spacial score (nSPS) is 27.2. The molecule has 4 rings (SSSR count). The van der Waals surface area contributed by atoms with Crippen LogP contribution in [0.1, 0.15) is 65.3 Å². The molecule has 0 radical (unpaired) electrons. The van der Waals surface area contributed by atoms with Crippen molar-refractivity contribution in [2.75, 3.05) is 14.1 Å². The third kappa shape index (κ3) is 3.86. The first-order valence-electron chi connectivity index (χ1n) is 12.4. The lowest BCUT2D eigenvalue weighted by atomic mass is 9.58. The Kier molecular flexibility index (Phi) is 6.76. The van der Waals surface area contributed by atoms with Crippen molar-refractivity contribution in [3.8, 4) is 5.75 Å². The smallest absolute Gasteiger partial charge is 0.255 e. The van der Waals surface area contributed by atoms with Gasteiger partial charge in [-0.25, -0.2) is 0 Å². The minimum Gasteiger partial charge on any atom is -0.510 e. The lowest BCUT2D eigenvalue weighted by molar-refractivity contribution is -0.148. The molecule has 10 heteroatoms. The number of rotatable bonds is 7. The number of ketones is 3. The van der Waals surface area contributed by atoms with Crippen molar-refractivity contribution in [3.05, 3.63) is 51.5 Å². The molecular weight excluding hydrogens is 480 g/mol. The van der Waals surface area contributed by atoms with Gasteiger partial charge in [0.05, 0.1) is 11.6 Å². The number of aliphatic hydroxyl groups excluding tert-OH is 2. The highest BCUT2D eigenvalue weighted by atomic mass is 16.3. The molecule has 3 aliphatic rings. The lowest BCUT2D eigenvalue weighted by Crippen LogP contribution is -2.63. The van der Waals surface area contributed by atoms with Gasteiger partial charge in [0.25, 0.3) is 5.91 Å². The van der Waals surface area contributed by atoms with Crippen molar-refractivity contribution in [1.82, 2.24) is 4.90 Å². The Balaban J connectivity index is 1.88. The lowest BCUT2D eigenvalue weighted by Gasteiger charge is -2.50. The van der Waals surface area contributed by atoms with Gasteiger partial charge in [0.1, 0.15) is 22.8 Å². The minimum atomic E-state index is -2.69. The first-order valence-corrected chi connectivity index (χ1v) is 12.4. The van der Waals surface area contributed by atoms with Gasteiger partial charge in [-0.3, -0.25) is 24.1 Å². The van der Waals surface area contributed by atoms with Gasteiger partial charge in [-0.15, -0.1) is 0 Å². The van der Waals surface area contributed by atoms with E-state index in [9.17, 15) is 39.6 Å². The van der Waals surface area contributed by atoms with Gasteiger partial charge in [-0.1, -0.05) is 19.8 Å². The van der Waals surface area contributed by atoms with Gasteiger partial charge in [-0.2, -0.15) is 0 Å². The van der Waals surface area contributed by atoms with Crippen molar-refractivity contribution in [1.29, 1.82) is 0 Å². The summed E-state index contributed by atoms with van der Waals surface area (Å²) in [7, 11) is 3.14. The van der Waals surface area contributed by atoms with E-state index in [1.165, 1.54) is 17.0 Å². The molecule has 37 heavy (non-hydrogen) atoms. The highest BCUT2D eigenvalue weighted by Gasteiger charge is 2.63. The van der Waals surface area contributed by atoms with Gasteiger partial charge in [-0.05, 0) is 57.0 Å². The monoisotopic (exact) mass is 512 g/mol. The van der Waals surface area contributed by atoms with Crippen LogP contribution >= 0.6 is 0 Å². The first kappa shape index (κ1) is 26.6. The number of hydrogen-bond acceptors (Lipinski definition) is 9. The largest absolute Gasteiger partial charge is 0.510 e. The number of aromatic hydroxyl groups is 1. The summed E-state index contributed by atoms with van der Waals surface area (Å²) < 4.78 is 0. The summed E-state index contributed by atoms with van der Waals surface area (Å²) in [4.78, 5) is 53.5. The number of nitrogens with zero attached hydrogens (tertiary/aromatic N) is 1. The van der Waals surface area contributed by atoms with E-state index in [4.69, 9.17) is 5.73 Å². The zero-order valence-electron chi connectivity index (χ0n) is 21.1. The minimum absolute atomic E-state index is 0.0229. The van der Waals surface area contributed by atoms with E-state index < -0.39 is 58.0 Å². The Morgan fingerprint density at radius 1 is 1.14 bits per heavy atom. The highest BCUT2D eigenvalue weighted by Crippen LogP contribution is 2.52. The zero-order valence-corrected chi connectivity index (χ0v) is 21.1. The first-order chi connectivity index (χ1) is 17.4. The summed E-state index contributed by atoms with van der Waals surface area (Å²) in [5.74, 6) is -7.27. The van der Waals surface area contributed by atoms with Crippen LogP contribution < -0.4 is 5.73 Å².